The lowest BCUT2D eigenvalue weighted by Crippen LogP contribution is -2.27. The Hall–Kier alpha value is -2.26. The molecule has 1 amide bonds. The minimum atomic E-state index is -3.63. The quantitative estimate of drug-likeness (QED) is 0.840. The Balaban J connectivity index is 2.16. The number of hydrogen-bond donors (Lipinski definition) is 2. The minimum Gasteiger partial charge on any atom is -0.326 e. The third kappa shape index (κ3) is 3.64. The molecule has 0 aliphatic heterocycles. The van der Waals surface area contributed by atoms with Gasteiger partial charge in [-0.15, -0.1) is 0 Å². The van der Waals surface area contributed by atoms with Crippen LogP contribution in [0, 0.1) is 0 Å². The zero-order valence-electron chi connectivity index (χ0n) is 11.6. The molecule has 0 radical (unpaired) electrons. The number of benzene rings is 1. The summed E-state index contributed by atoms with van der Waals surface area (Å²) in [4.78, 5) is 15.0. The number of anilines is 1. The average Bonchev–Trinajstić information content (AvgIpc) is 2.91. The van der Waals surface area contributed by atoms with Crippen molar-refractivity contribution in [3.05, 3.63) is 36.4 Å². The summed E-state index contributed by atoms with van der Waals surface area (Å²) in [5, 5.41) is 8.86. The van der Waals surface area contributed by atoms with E-state index < -0.39 is 10.0 Å². The SMILES string of the molecule is CC(=O)Nc1ccc(S(=O)(=O)N(C)Cc2ncn[nH]2)cc1. The Bertz CT molecular complexity index is 710. The number of nitrogens with zero attached hydrogens (tertiary/aromatic N) is 3. The largest absolute Gasteiger partial charge is 0.326 e. The van der Waals surface area contributed by atoms with Crippen LogP contribution in [0.2, 0.25) is 0 Å². The average molecular weight is 309 g/mol. The van der Waals surface area contributed by atoms with E-state index in [0.717, 1.165) is 0 Å². The van der Waals surface area contributed by atoms with Crippen molar-refractivity contribution in [2.75, 3.05) is 12.4 Å². The standard InChI is InChI=1S/C12H15N5O3S/c1-9(18)15-10-3-5-11(6-4-10)21(19,20)17(2)7-12-13-8-14-16-12/h3-6,8H,7H2,1-2H3,(H,15,18)(H,13,14,16). The van der Waals surface area contributed by atoms with Crippen molar-refractivity contribution in [1.29, 1.82) is 0 Å². The summed E-state index contributed by atoms with van der Waals surface area (Å²) in [5.74, 6) is 0.240. The Labute approximate surface area is 122 Å². The maximum absolute atomic E-state index is 12.4. The topological polar surface area (TPSA) is 108 Å². The molecule has 0 atom stereocenters. The number of sulfonamides is 1. The van der Waals surface area contributed by atoms with E-state index in [1.54, 1.807) is 0 Å². The van der Waals surface area contributed by atoms with Gasteiger partial charge in [0.05, 0.1) is 11.4 Å². The van der Waals surface area contributed by atoms with Gasteiger partial charge in [0.1, 0.15) is 12.2 Å². The first kappa shape index (κ1) is 15.1. The maximum Gasteiger partial charge on any atom is 0.243 e. The minimum absolute atomic E-state index is 0.0930. The predicted molar refractivity (Wildman–Crippen MR) is 75.8 cm³/mol. The van der Waals surface area contributed by atoms with Crippen molar-refractivity contribution in [3.63, 3.8) is 0 Å². The molecule has 0 fully saturated rings. The first-order valence-corrected chi connectivity index (χ1v) is 7.52. The van der Waals surface area contributed by atoms with Crippen molar-refractivity contribution < 1.29 is 13.2 Å². The lowest BCUT2D eigenvalue weighted by Gasteiger charge is -2.16. The maximum atomic E-state index is 12.4. The fourth-order valence-corrected chi connectivity index (χ4v) is 2.83. The van der Waals surface area contributed by atoms with Gasteiger partial charge in [0.25, 0.3) is 0 Å². The predicted octanol–water partition coefficient (Wildman–Crippen LogP) is 0.584. The summed E-state index contributed by atoms with van der Waals surface area (Å²) in [6.07, 6.45) is 1.32. The molecule has 0 saturated carbocycles. The van der Waals surface area contributed by atoms with Crippen LogP contribution in [0.4, 0.5) is 5.69 Å². The van der Waals surface area contributed by atoms with E-state index >= 15 is 0 Å². The molecule has 0 aliphatic carbocycles. The molecule has 0 unspecified atom stereocenters. The number of aromatic nitrogens is 3. The molecule has 2 N–H and O–H groups in total. The number of nitrogens with one attached hydrogen (secondary N) is 2. The van der Waals surface area contributed by atoms with Crippen LogP contribution in [0.25, 0.3) is 0 Å². The number of carbonyl (C=O) groups excluding carboxylic acids is 1. The molecule has 1 aromatic carbocycles. The second kappa shape index (κ2) is 6.02. The van der Waals surface area contributed by atoms with Gasteiger partial charge in [0.2, 0.25) is 15.9 Å². The summed E-state index contributed by atoms with van der Waals surface area (Å²) < 4.78 is 25.9. The van der Waals surface area contributed by atoms with Gasteiger partial charge in [-0.2, -0.15) is 9.40 Å². The van der Waals surface area contributed by atoms with Gasteiger partial charge in [-0.1, -0.05) is 0 Å². The molecule has 2 aromatic rings. The number of rotatable bonds is 5. The second-order valence-electron chi connectivity index (χ2n) is 4.40. The highest BCUT2D eigenvalue weighted by Gasteiger charge is 2.21. The van der Waals surface area contributed by atoms with Crippen LogP contribution in [-0.2, 0) is 21.4 Å². The fourth-order valence-electron chi connectivity index (χ4n) is 1.70. The normalized spacial score (nSPS) is 11.6. The molecule has 0 bridgehead atoms. The Morgan fingerprint density at radius 2 is 2.00 bits per heavy atom. The first-order valence-electron chi connectivity index (χ1n) is 6.08. The highest BCUT2D eigenvalue weighted by molar-refractivity contribution is 7.89. The van der Waals surface area contributed by atoms with Gasteiger partial charge >= 0.3 is 0 Å². The van der Waals surface area contributed by atoms with E-state index in [1.807, 2.05) is 0 Å². The molecule has 112 valence electrons. The first-order chi connectivity index (χ1) is 9.89. The summed E-state index contributed by atoms with van der Waals surface area (Å²) in [6.45, 7) is 1.48. The van der Waals surface area contributed by atoms with E-state index in [-0.39, 0.29) is 17.3 Å². The smallest absolute Gasteiger partial charge is 0.243 e. The van der Waals surface area contributed by atoms with Gasteiger partial charge in [0, 0.05) is 19.7 Å². The zero-order valence-corrected chi connectivity index (χ0v) is 12.4. The molecule has 0 spiro atoms. The molecular weight excluding hydrogens is 294 g/mol. The molecule has 1 heterocycles. The number of hydrogen-bond acceptors (Lipinski definition) is 5. The lowest BCUT2D eigenvalue weighted by molar-refractivity contribution is -0.114. The van der Waals surface area contributed by atoms with Crippen LogP contribution in [0.3, 0.4) is 0 Å². The van der Waals surface area contributed by atoms with Crippen LogP contribution in [0.1, 0.15) is 12.7 Å². The van der Waals surface area contributed by atoms with E-state index in [1.165, 1.54) is 48.9 Å². The number of amides is 1. The third-order valence-corrected chi connectivity index (χ3v) is 4.54. The summed E-state index contributed by atoms with van der Waals surface area (Å²) >= 11 is 0. The van der Waals surface area contributed by atoms with Crippen LogP contribution in [-0.4, -0.2) is 40.9 Å². The van der Waals surface area contributed by atoms with Crippen molar-refractivity contribution in [1.82, 2.24) is 19.5 Å². The van der Waals surface area contributed by atoms with Crippen LogP contribution < -0.4 is 5.32 Å². The molecule has 21 heavy (non-hydrogen) atoms. The van der Waals surface area contributed by atoms with Crippen molar-refractivity contribution >= 4 is 21.6 Å². The van der Waals surface area contributed by atoms with Crippen LogP contribution >= 0.6 is 0 Å². The van der Waals surface area contributed by atoms with Gasteiger partial charge in [0.15, 0.2) is 0 Å². The molecule has 2 rings (SSSR count). The van der Waals surface area contributed by atoms with Gasteiger partial charge in [-0.25, -0.2) is 13.4 Å². The molecular formula is C12H15N5O3S. The number of carbonyl (C=O) groups is 1. The summed E-state index contributed by atoms with van der Waals surface area (Å²) in [6, 6.07) is 5.96. The lowest BCUT2D eigenvalue weighted by atomic mass is 10.3. The van der Waals surface area contributed by atoms with Crippen LogP contribution in [0.5, 0.6) is 0 Å². The number of aromatic amines is 1. The Morgan fingerprint density at radius 3 is 2.52 bits per heavy atom. The number of H-pyrrole nitrogens is 1. The van der Waals surface area contributed by atoms with E-state index in [4.69, 9.17) is 0 Å². The summed E-state index contributed by atoms with van der Waals surface area (Å²) in [5.41, 5.74) is 0.541. The molecule has 0 aliphatic rings. The molecule has 9 heteroatoms. The van der Waals surface area contributed by atoms with E-state index in [2.05, 4.69) is 20.5 Å². The zero-order chi connectivity index (χ0) is 15.5. The van der Waals surface area contributed by atoms with E-state index in [0.29, 0.717) is 11.5 Å². The molecule has 1 aromatic heterocycles. The van der Waals surface area contributed by atoms with E-state index in [9.17, 15) is 13.2 Å². The highest BCUT2D eigenvalue weighted by atomic mass is 32.2. The Morgan fingerprint density at radius 1 is 1.33 bits per heavy atom. The van der Waals surface area contributed by atoms with Gasteiger partial charge in [-0.05, 0) is 24.3 Å². The third-order valence-electron chi connectivity index (χ3n) is 2.72. The van der Waals surface area contributed by atoms with Crippen molar-refractivity contribution in [2.24, 2.45) is 0 Å². The van der Waals surface area contributed by atoms with Crippen molar-refractivity contribution in [3.8, 4) is 0 Å². The fraction of sp³-hybridized carbons (Fsp3) is 0.250. The van der Waals surface area contributed by atoms with Crippen LogP contribution in [0.15, 0.2) is 35.5 Å². The second-order valence-corrected chi connectivity index (χ2v) is 6.44. The Kier molecular flexibility index (Phi) is 4.34. The molecule has 0 saturated heterocycles. The van der Waals surface area contributed by atoms with Gasteiger partial charge in [-0.3, -0.25) is 9.89 Å². The summed E-state index contributed by atoms with van der Waals surface area (Å²) in [7, 11) is -2.17. The molecule has 8 nitrogen and oxygen atoms in total. The monoisotopic (exact) mass is 309 g/mol. The van der Waals surface area contributed by atoms with Crippen molar-refractivity contribution in [2.45, 2.75) is 18.4 Å². The van der Waals surface area contributed by atoms with Gasteiger partial charge < -0.3 is 5.32 Å². The highest BCUT2D eigenvalue weighted by Crippen LogP contribution is 2.18.